The third kappa shape index (κ3) is 4.25. The van der Waals surface area contributed by atoms with Crippen molar-refractivity contribution in [2.45, 2.75) is 39.7 Å². The summed E-state index contributed by atoms with van der Waals surface area (Å²) in [6, 6.07) is 0.329. The van der Waals surface area contributed by atoms with Gasteiger partial charge in [-0.25, -0.2) is 4.98 Å². The highest BCUT2D eigenvalue weighted by atomic mass is 32.1. The number of aromatic nitrogens is 1. The van der Waals surface area contributed by atoms with Crippen LogP contribution in [0.15, 0.2) is 0 Å². The highest BCUT2D eigenvalue weighted by molar-refractivity contribution is 7.13. The molecule has 0 saturated carbocycles. The lowest BCUT2D eigenvalue weighted by Gasteiger charge is -2.32. The average molecular weight is 311 g/mol. The number of aryl methyl sites for hydroxylation is 1. The van der Waals surface area contributed by atoms with Crippen molar-refractivity contribution in [2.24, 2.45) is 0 Å². The van der Waals surface area contributed by atoms with Crippen LogP contribution in [0.25, 0.3) is 0 Å². The molecule has 0 bridgehead atoms. The second-order valence-corrected chi connectivity index (χ2v) is 6.86. The molecule has 21 heavy (non-hydrogen) atoms. The first kappa shape index (κ1) is 16.4. The van der Waals surface area contributed by atoms with Crippen LogP contribution in [0.4, 0.5) is 0 Å². The zero-order valence-electron chi connectivity index (χ0n) is 13.3. The smallest absolute Gasteiger partial charge is 0.263 e. The van der Waals surface area contributed by atoms with Crippen LogP contribution < -0.4 is 5.32 Å². The normalized spacial score (nSPS) is 18.0. The van der Waals surface area contributed by atoms with E-state index >= 15 is 0 Å². The monoisotopic (exact) mass is 311 g/mol. The summed E-state index contributed by atoms with van der Waals surface area (Å²) < 4.78 is 5.35. The topological polar surface area (TPSA) is 54.5 Å². The first-order valence-corrected chi connectivity index (χ1v) is 8.38. The lowest BCUT2D eigenvalue weighted by atomic mass is 10.2. The summed E-state index contributed by atoms with van der Waals surface area (Å²) in [7, 11) is 0. The van der Waals surface area contributed by atoms with Gasteiger partial charge in [-0.1, -0.05) is 13.8 Å². The summed E-state index contributed by atoms with van der Waals surface area (Å²) in [5.41, 5.74) is 0.834. The zero-order valence-corrected chi connectivity index (χ0v) is 14.1. The molecular formula is C15H25N3O2S. The van der Waals surface area contributed by atoms with Gasteiger partial charge in [-0.15, -0.1) is 11.3 Å². The van der Waals surface area contributed by atoms with E-state index in [1.165, 1.54) is 11.3 Å². The minimum absolute atomic E-state index is 0.00277. The molecule has 6 heteroatoms. The Kier molecular flexibility index (Phi) is 5.72. The molecule has 2 rings (SSSR count). The molecule has 0 spiro atoms. The summed E-state index contributed by atoms with van der Waals surface area (Å²) in [4.78, 5) is 19.9. The van der Waals surface area contributed by atoms with E-state index in [4.69, 9.17) is 4.74 Å². The number of amides is 1. The maximum Gasteiger partial charge on any atom is 0.263 e. The molecule has 1 fully saturated rings. The van der Waals surface area contributed by atoms with Crippen molar-refractivity contribution in [1.29, 1.82) is 0 Å². The second-order valence-electron chi connectivity index (χ2n) is 5.83. The van der Waals surface area contributed by atoms with Crippen molar-refractivity contribution in [3.8, 4) is 0 Å². The Labute approximate surface area is 130 Å². The number of rotatable bonds is 5. The molecule has 1 atom stereocenters. The van der Waals surface area contributed by atoms with Crippen LogP contribution >= 0.6 is 11.3 Å². The molecule has 1 aliphatic rings. The summed E-state index contributed by atoms with van der Waals surface area (Å²) in [6.45, 7) is 12.3. The maximum atomic E-state index is 12.3. The van der Waals surface area contributed by atoms with Gasteiger partial charge in [0.25, 0.3) is 5.91 Å². The molecule has 1 aromatic heterocycles. The van der Waals surface area contributed by atoms with Gasteiger partial charge in [-0.05, 0) is 13.8 Å². The summed E-state index contributed by atoms with van der Waals surface area (Å²) in [6.07, 6.45) is 0. The number of carbonyl (C=O) groups is 1. The summed E-state index contributed by atoms with van der Waals surface area (Å²) >= 11 is 1.51. The van der Waals surface area contributed by atoms with Crippen LogP contribution in [0.5, 0.6) is 0 Å². The van der Waals surface area contributed by atoms with Gasteiger partial charge in [0.1, 0.15) is 4.88 Å². The van der Waals surface area contributed by atoms with E-state index in [-0.39, 0.29) is 5.91 Å². The Hall–Kier alpha value is -0.980. The van der Waals surface area contributed by atoms with Gasteiger partial charge in [-0.3, -0.25) is 9.69 Å². The quantitative estimate of drug-likeness (QED) is 0.904. The Morgan fingerprint density at radius 2 is 2.05 bits per heavy atom. The molecule has 0 aromatic carbocycles. The van der Waals surface area contributed by atoms with Gasteiger partial charge >= 0.3 is 0 Å². The second kappa shape index (κ2) is 7.33. The molecule has 0 unspecified atom stereocenters. The SMILES string of the molecule is Cc1nc(C(C)C)sc1C(=O)NC[C@@H](C)N1CCOCC1. The van der Waals surface area contributed by atoms with Crippen molar-refractivity contribution in [1.82, 2.24) is 15.2 Å². The number of morpholine rings is 1. The third-order valence-corrected chi connectivity index (χ3v) is 5.20. The van der Waals surface area contributed by atoms with E-state index in [2.05, 4.69) is 36.0 Å². The predicted octanol–water partition coefficient (Wildman–Crippen LogP) is 2.03. The van der Waals surface area contributed by atoms with Crippen molar-refractivity contribution in [3.05, 3.63) is 15.6 Å². The molecule has 2 heterocycles. The number of carbonyl (C=O) groups excluding carboxylic acids is 1. The average Bonchev–Trinajstić information content (AvgIpc) is 2.87. The molecule has 1 N–H and O–H groups in total. The highest BCUT2D eigenvalue weighted by Crippen LogP contribution is 2.24. The van der Waals surface area contributed by atoms with E-state index < -0.39 is 0 Å². The van der Waals surface area contributed by atoms with Gasteiger partial charge in [0.15, 0.2) is 0 Å². The van der Waals surface area contributed by atoms with Gasteiger partial charge in [0.2, 0.25) is 0 Å². The Bertz CT molecular complexity index is 481. The van der Waals surface area contributed by atoms with Crippen LogP contribution in [-0.2, 0) is 4.74 Å². The number of nitrogens with zero attached hydrogens (tertiary/aromatic N) is 2. The molecule has 1 aromatic rings. The van der Waals surface area contributed by atoms with Crippen LogP contribution in [-0.4, -0.2) is 54.7 Å². The number of ether oxygens (including phenoxy) is 1. The first-order chi connectivity index (χ1) is 9.99. The zero-order chi connectivity index (χ0) is 15.4. The summed E-state index contributed by atoms with van der Waals surface area (Å²) in [5, 5.41) is 4.06. The van der Waals surface area contributed by atoms with Gasteiger partial charge in [0, 0.05) is 31.6 Å². The van der Waals surface area contributed by atoms with E-state index in [9.17, 15) is 4.79 Å². The van der Waals surface area contributed by atoms with E-state index in [1.54, 1.807) is 0 Å². The third-order valence-electron chi connectivity index (χ3n) is 3.74. The lowest BCUT2D eigenvalue weighted by molar-refractivity contribution is 0.0204. The fourth-order valence-corrected chi connectivity index (χ4v) is 3.33. The number of thiazole rings is 1. The van der Waals surface area contributed by atoms with E-state index in [0.717, 1.165) is 41.9 Å². The van der Waals surface area contributed by atoms with Crippen LogP contribution in [0, 0.1) is 6.92 Å². The van der Waals surface area contributed by atoms with Crippen molar-refractivity contribution in [3.63, 3.8) is 0 Å². The molecule has 0 radical (unpaired) electrons. The van der Waals surface area contributed by atoms with Gasteiger partial charge in [0.05, 0.1) is 23.9 Å². The largest absolute Gasteiger partial charge is 0.379 e. The Morgan fingerprint density at radius 1 is 1.38 bits per heavy atom. The predicted molar refractivity (Wildman–Crippen MR) is 85.1 cm³/mol. The lowest BCUT2D eigenvalue weighted by Crippen LogP contribution is -2.47. The Morgan fingerprint density at radius 3 is 2.62 bits per heavy atom. The first-order valence-electron chi connectivity index (χ1n) is 7.56. The molecule has 1 amide bonds. The highest BCUT2D eigenvalue weighted by Gasteiger charge is 2.20. The maximum absolute atomic E-state index is 12.3. The minimum Gasteiger partial charge on any atom is -0.379 e. The van der Waals surface area contributed by atoms with Crippen molar-refractivity contribution < 1.29 is 9.53 Å². The number of hydrogen-bond donors (Lipinski definition) is 1. The van der Waals surface area contributed by atoms with Crippen molar-refractivity contribution in [2.75, 3.05) is 32.8 Å². The molecule has 1 aliphatic heterocycles. The minimum atomic E-state index is -0.00277. The van der Waals surface area contributed by atoms with Crippen LogP contribution in [0.3, 0.4) is 0 Å². The standard InChI is InChI=1S/C15H25N3O2S/c1-10(2)15-17-12(4)13(21-15)14(19)16-9-11(3)18-5-7-20-8-6-18/h10-11H,5-9H2,1-4H3,(H,16,19)/t11-/m1/s1. The Balaban J connectivity index is 1.89. The van der Waals surface area contributed by atoms with Crippen LogP contribution in [0.1, 0.15) is 47.1 Å². The van der Waals surface area contributed by atoms with E-state index in [1.807, 2.05) is 6.92 Å². The number of hydrogen-bond acceptors (Lipinski definition) is 5. The van der Waals surface area contributed by atoms with Crippen LogP contribution in [0.2, 0.25) is 0 Å². The number of nitrogens with one attached hydrogen (secondary N) is 1. The summed E-state index contributed by atoms with van der Waals surface area (Å²) in [5.74, 6) is 0.361. The molecule has 0 aliphatic carbocycles. The van der Waals surface area contributed by atoms with E-state index in [0.29, 0.717) is 18.5 Å². The molecular weight excluding hydrogens is 286 g/mol. The molecule has 1 saturated heterocycles. The fraction of sp³-hybridized carbons (Fsp3) is 0.733. The van der Waals surface area contributed by atoms with Gasteiger partial charge < -0.3 is 10.1 Å². The molecule has 5 nitrogen and oxygen atoms in total. The fourth-order valence-electron chi connectivity index (χ4n) is 2.34. The van der Waals surface area contributed by atoms with Crippen molar-refractivity contribution >= 4 is 17.2 Å². The van der Waals surface area contributed by atoms with Gasteiger partial charge in [-0.2, -0.15) is 0 Å². The molecule has 118 valence electrons.